The molecule has 1 heterocycles. The Morgan fingerprint density at radius 1 is 1.25 bits per heavy atom. The van der Waals surface area contributed by atoms with E-state index in [0.29, 0.717) is 25.3 Å². The molecule has 20 heavy (non-hydrogen) atoms. The van der Waals surface area contributed by atoms with E-state index in [4.69, 9.17) is 5.73 Å². The number of hydrogen-bond acceptors (Lipinski definition) is 3. The second-order valence-corrected chi connectivity index (χ2v) is 5.98. The molecule has 5 nitrogen and oxygen atoms in total. The Labute approximate surface area is 126 Å². The smallest absolute Gasteiger partial charge is 0.312 e. The number of carbonyl (C=O) groups is 2. The summed E-state index contributed by atoms with van der Waals surface area (Å²) in [5.41, 5.74) is 7.39. The van der Waals surface area contributed by atoms with E-state index in [1.165, 1.54) is 0 Å². The average Bonchev–Trinajstić information content (AvgIpc) is 2.38. The molecule has 1 aromatic carbocycles. The number of nitrogens with two attached hydrogens (primary N) is 1. The van der Waals surface area contributed by atoms with Gasteiger partial charge in [-0.1, -0.05) is 22.0 Å². The Kier molecular flexibility index (Phi) is 4.32. The van der Waals surface area contributed by atoms with Gasteiger partial charge in [0, 0.05) is 41.4 Å². The minimum atomic E-state index is -0.458. The molecule has 0 bridgehead atoms. The van der Waals surface area contributed by atoms with Gasteiger partial charge in [0.05, 0.1) is 0 Å². The van der Waals surface area contributed by atoms with Crippen LogP contribution >= 0.6 is 15.9 Å². The first kappa shape index (κ1) is 14.8. The summed E-state index contributed by atoms with van der Waals surface area (Å²) in [6.07, 6.45) is 0. The fourth-order valence-electron chi connectivity index (χ4n) is 2.27. The van der Waals surface area contributed by atoms with Crippen molar-refractivity contribution < 1.29 is 9.59 Å². The van der Waals surface area contributed by atoms with E-state index < -0.39 is 11.8 Å². The van der Waals surface area contributed by atoms with Crippen LogP contribution in [0.2, 0.25) is 0 Å². The molecule has 2 N–H and O–H groups in total. The minimum absolute atomic E-state index is 0.0436. The van der Waals surface area contributed by atoms with E-state index in [0.717, 1.165) is 10.0 Å². The van der Waals surface area contributed by atoms with Gasteiger partial charge in [0.1, 0.15) is 0 Å². The third-order valence-corrected chi connectivity index (χ3v) is 4.21. The van der Waals surface area contributed by atoms with Gasteiger partial charge in [0.15, 0.2) is 0 Å². The molecule has 0 saturated carbocycles. The van der Waals surface area contributed by atoms with Crippen molar-refractivity contribution >= 4 is 33.4 Å². The number of rotatable bonds is 3. The van der Waals surface area contributed by atoms with Crippen molar-refractivity contribution in [2.45, 2.75) is 26.4 Å². The van der Waals surface area contributed by atoms with E-state index in [-0.39, 0.29) is 6.04 Å². The molecule has 0 spiro atoms. The van der Waals surface area contributed by atoms with Crippen molar-refractivity contribution in [3.63, 3.8) is 0 Å². The van der Waals surface area contributed by atoms with Gasteiger partial charge in [0.25, 0.3) is 0 Å². The molecule has 1 aromatic rings. The summed E-state index contributed by atoms with van der Waals surface area (Å²) in [5, 5.41) is 0. The van der Waals surface area contributed by atoms with Crippen LogP contribution < -0.4 is 5.73 Å². The lowest BCUT2D eigenvalue weighted by Gasteiger charge is -2.36. The molecular formula is C14H18BrN3O2. The van der Waals surface area contributed by atoms with Crippen molar-refractivity contribution in [2.75, 3.05) is 18.8 Å². The van der Waals surface area contributed by atoms with Crippen LogP contribution in [-0.2, 0) is 16.1 Å². The largest absolute Gasteiger partial charge is 0.398 e. The molecule has 1 saturated heterocycles. The highest BCUT2D eigenvalue weighted by molar-refractivity contribution is 9.10. The molecule has 6 heteroatoms. The second kappa shape index (κ2) is 5.83. The molecule has 1 fully saturated rings. The van der Waals surface area contributed by atoms with Gasteiger partial charge in [-0.15, -0.1) is 0 Å². The number of anilines is 1. The minimum Gasteiger partial charge on any atom is -0.398 e. The average molecular weight is 340 g/mol. The topological polar surface area (TPSA) is 66.6 Å². The first-order valence-electron chi connectivity index (χ1n) is 6.54. The number of hydrogen-bond donors (Lipinski definition) is 1. The molecule has 1 aliphatic rings. The number of amides is 2. The van der Waals surface area contributed by atoms with Crippen LogP contribution in [0, 0.1) is 0 Å². The first-order chi connectivity index (χ1) is 9.41. The number of halogens is 1. The van der Waals surface area contributed by atoms with E-state index >= 15 is 0 Å². The predicted molar refractivity (Wildman–Crippen MR) is 80.8 cm³/mol. The maximum Gasteiger partial charge on any atom is 0.312 e. The van der Waals surface area contributed by atoms with E-state index in [9.17, 15) is 9.59 Å². The van der Waals surface area contributed by atoms with E-state index in [1.54, 1.807) is 15.9 Å². The molecule has 2 amide bonds. The van der Waals surface area contributed by atoms with Crippen LogP contribution in [0.1, 0.15) is 19.4 Å². The summed E-state index contributed by atoms with van der Waals surface area (Å²) in [6.45, 7) is 5.26. The van der Waals surface area contributed by atoms with Crippen molar-refractivity contribution in [3.8, 4) is 0 Å². The SMILES string of the molecule is CC(C)N1CCN(Cc2c(N)cccc2Br)C(=O)C1=O. The van der Waals surface area contributed by atoms with Crippen LogP contribution in [-0.4, -0.2) is 40.7 Å². The highest BCUT2D eigenvalue weighted by Gasteiger charge is 2.34. The Hall–Kier alpha value is -1.56. The fraction of sp³-hybridized carbons (Fsp3) is 0.429. The number of nitrogens with zero attached hydrogens (tertiary/aromatic N) is 2. The number of benzene rings is 1. The molecule has 0 unspecified atom stereocenters. The maximum absolute atomic E-state index is 12.1. The van der Waals surface area contributed by atoms with Gasteiger partial charge in [-0.2, -0.15) is 0 Å². The molecule has 0 aromatic heterocycles. The van der Waals surface area contributed by atoms with Crippen LogP contribution in [0.5, 0.6) is 0 Å². The zero-order valence-corrected chi connectivity index (χ0v) is 13.2. The van der Waals surface area contributed by atoms with Crippen molar-refractivity contribution in [1.29, 1.82) is 0 Å². The molecule has 0 radical (unpaired) electrons. The van der Waals surface area contributed by atoms with Gasteiger partial charge < -0.3 is 15.5 Å². The van der Waals surface area contributed by atoms with Crippen molar-refractivity contribution in [2.24, 2.45) is 0 Å². The standard InChI is InChI=1S/C14H18BrN3O2/c1-9(2)18-7-6-17(13(19)14(18)20)8-10-11(15)4-3-5-12(10)16/h3-5,9H,6-8,16H2,1-2H3. The molecule has 0 atom stereocenters. The van der Waals surface area contributed by atoms with Crippen molar-refractivity contribution in [1.82, 2.24) is 9.80 Å². The van der Waals surface area contributed by atoms with E-state index in [1.807, 2.05) is 26.0 Å². The normalized spacial score (nSPS) is 16.2. The predicted octanol–water partition coefficient (Wildman–Crippen LogP) is 1.61. The summed E-state index contributed by atoms with van der Waals surface area (Å²) in [6, 6.07) is 5.55. The molecule has 2 rings (SSSR count). The fourth-order valence-corrected chi connectivity index (χ4v) is 2.77. The van der Waals surface area contributed by atoms with E-state index in [2.05, 4.69) is 15.9 Å². The third kappa shape index (κ3) is 2.80. The molecular weight excluding hydrogens is 322 g/mol. The lowest BCUT2D eigenvalue weighted by molar-refractivity contribution is -0.157. The van der Waals surface area contributed by atoms with Gasteiger partial charge >= 0.3 is 11.8 Å². The summed E-state index contributed by atoms with van der Waals surface area (Å²) in [7, 11) is 0. The quantitative estimate of drug-likeness (QED) is 0.672. The lowest BCUT2D eigenvalue weighted by Crippen LogP contribution is -2.55. The van der Waals surface area contributed by atoms with Crippen molar-refractivity contribution in [3.05, 3.63) is 28.2 Å². The molecule has 0 aliphatic carbocycles. The summed E-state index contributed by atoms with van der Waals surface area (Å²) < 4.78 is 0.851. The van der Waals surface area contributed by atoms with Gasteiger partial charge in [0.2, 0.25) is 0 Å². The zero-order chi connectivity index (χ0) is 14.9. The number of piperazine rings is 1. The van der Waals surface area contributed by atoms with Crippen LogP contribution in [0.3, 0.4) is 0 Å². The van der Waals surface area contributed by atoms with Crippen LogP contribution in [0.4, 0.5) is 5.69 Å². The van der Waals surface area contributed by atoms with Gasteiger partial charge in [-0.05, 0) is 26.0 Å². The highest BCUT2D eigenvalue weighted by atomic mass is 79.9. The van der Waals surface area contributed by atoms with Crippen LogP contribution in [0.25, 0.3) is 0 Å². The Bertz CT molecular complexity index is 525. The second-order valence-electron chi connectivity index (χ2n) is 5.13. The summed E-state index contributed by atoms with van der Waals surface area (Å²) in [4.78, 5) is 27.3. The Morgan fingerprint density at radius 3 is 2.55 bits per heavy atom. The highest BCUT2D eigenvalue weighted by Crippen LogP contribution is 2.25. The van der Waals surface area contributed by atoms with Crippen LogP contribution in [0.15, 0.2) is 22.7 Å². The third-order valence-electron chi connectivity index (χ3n) is 3.47. The summed E-state index contributed by atoms with van der Waals surface area (Å²) >= 11 is 3.43. The molecule has 1 aliphatic heterocycles. The first-order valence-corrected chi connectivity index (χ1v) is 7.34. The number of nitrogen functional groups attached to an aromatic ring is 1. The van der Waals surface area contributed by atoms with Gasteiger partial charge in [-0.25, -0.2) is 0 Å². The van der Waals surface area contributed by atoms with Gasteiger partial charge in [-0.3, -0.25) is 9.59 Å². The lowest BCUT2D eigenvalue weighted by atomic mass is 10.1. The summed E-state index contributed by atoms with van der Waals surface area (Å²) in [5.74, 6) is -0.892. The Balaban J connectivity index is 2.16. The Morgan fingerprint density at radius 2 is 1.95 bits per heavy atom. The maximum atomic E-state index is 12.1. The molecule has 108 valence electrons. The number of carbonyl (C=O) groups excluding carboxylic acids is 2. The zero-order valence-electron chi connectivity index (χ0n) is 11.6. The monoisotopic (exact) mass is 339 g/mol.